The van der Waals surface area contributed by atoms with Gasteiger partial charge in [0.15, 0.2) is 0 Å². The van der Waals surface area contributed by atoms with Crippen LogP contribution in [0.5, 0.6) is 0 Å². The predicted molar refractivity (Wildman–Crippen MR) is 26.2 cm³/mol. The molecule has 0 unspecified atom stereocenters. The molecule has 49 valence electrons. The summed E-state index contributed by atoms with van der Waals surface area (Å²) in [4.78, 5) is 0. The first-order chi connectivity index (χ1) is 3.56. The summed E-state index contributed by atoms with van der Waals surface area (Å²) in [5.74, 6) is 0. The van der Waals surface area contributed by atoms with Crippen LogP contribution >= 0.6 is 0 Å². The first kappa shape index (κ1) is 7.84. The van der Waals surface area contributed by atoms with Crippen LogP contribution in [0, 0.1) is 6.26 Å². The van der Waals surface area contributed by atoms with Gasteiger partial charge in [-0.1, -0.05) is 0 Å². The van der Waals surface area contributed by atoms with Gasteiger partial charge in [0, 0.05) is 0 Å². The SMILES string of the molecule is [CH2]S(=O)(=O)OCCF. The third kappa shape index (κ3) is 5.84. The molecule has 1 radical (unpaired) electrons. The predicted octanol–water partition coefficient (Wildman–Crippen LogP) is 0.0939. The summed E-state index contributed by atoms with van der Waals surface area (Å²) in [6.45, 7) is -1.25. The van der Waals surface area contributed by atoms with Crippen LogP contribution in [0.25, 0.3) is 0 Å². The number of hydrogen-bond donors (Lipinski definition) is 0. The number of hydrogen-bond acceptors (Lipinski definition) is 3. The lowest BCUT2D eigenvalue weighted by Crippen LogP contribution is -2.02. The molecule has 0 bridgehead atoms. The smallest absolute Gasteiger partial charge is 0.267 e. The molecule has 0 heterocycles. The maximum atomic E-state index is 11.1. The third-order valence-electron chi connectivity index (χ3n) is 0.340. The van der Waals surface area contributed by atoms with E-state index in [-0.39, 0.29) is 0 Å². The molecule has 0 aromatic carbocycles. The molecule has 0 saturated heterocycles. The first-order valence-electron chi connectivity index (χ1n) is 1.84. The Bertz CT molecular complexity index is 139. The topological polar surface area (TPSA) is 43.4 Å². The summed E-state index contributed by atoms with van der Waals surface area (Å²) in [7, 11) is -3.68. The molecule has 5 heteroatoms. The van der Waals surface area contributed by atoms with Gasteiger partial charge < -0.3 is 0 Å². The zero-order valence-corrected chi connectivity index (χ0v) is 4.95. The lowest BCUT2D eigenvalue weighted by Gasteiger charge is -1.92. The van der Waals surface area contributed by atoms with Crippen molar-refractivity contribution in [2.45, 2.75) is 0 Å². The average Bonchev–Trinajstić information content (AvgIpc) is 1.59. The van der Waals surface area contributed by atoms with E-state index in [2.05, 4.69) is 10.4 Å². The molecule has 0 spiro atoms. The zero-order chi connectivity index (χ0) is 6.62. The van der Waals surface area contributed by atoms with Crippen molar-refractivity contribution >= 4 is 10.1 Å². The monoisotopic (exact) mass is 141 g/mol. The lowest BCUT2D eigenvalue weighted by atomic mass is 10.9. The van der Waals surface area contributed by atoms with Gasteiger partial charge in [0.25, 0.3) is 10.1 Å². The van der Waals surface area contributed by atoms with E-state index in [1.807, 2.05) is 0 Å². The first-order valence-corrected chi connectivity index (χ1v) is 3.42. The molecule has 0 fully saturated rings. The Hall–Kier alpha value is -0.160. The van der Waals surface area contributed by atoms with Crippen molar-refractivity contribution in [3.05, 3.63) is 6.26 Å². The molecule has 0 rings (SSSR count). The number of rotatable bonds is 3. The van der Waals surface area contributed by atoms with Gasteiger partial charge in [0.05, 0.1) is 12.9 Å². The molecule has 0 atom stereocenters. The van der Waals surface area contributed by atoms with Crippen LogP contribution < -0.4 is 0 Å². The molecule has 0 saturated carbocycles. The highest BCUT2D eigenvalue weighted by Crippen LogP contribution is 1.87. The molecule has 0 aliphatic rings. The van der Waals surface area contributed by atoms with Crippen molar-refractivity contribution in [2.75, 3.05) is 13.3 Å². The Morgan fingerprint density at radius 2 is 2.12 bits per heavy atom. The molecular formula is C3H6FO3S. The van der Waals surface area contributed by atoms with Crippen molar-refractivity contribution in [3.8, 4) is 0 Å². The van der Waals surface area contributed by atoms with Crippen molar-refractivity contribution in [1.82, 2.24) is 0 Å². The summed E-state index contributed by atoms with van der Waals surface area (Å²) in [5, 5.41) is 0. The minimum Gasteiger partial charge on any atom is -0.267 e. The fourth-order valence-corrected chi connectivity index (χ4v) is 0.475. The van der Waals surface area contributed by atoms with Gasteiger partial charge in [-0.3, -0.25) is 4.18 Å². The summed E-state index contributed by atoms with van der Waals surface area (Å²) in [6, 6.07) is 0. The highest BCUT2D eigenvalue weighted by atomic mass is 32.2. The molecule has 8 heavy (non-hydrogen) atoms. The van der Waals surface area contributed by atoms with Crippen LogP contribution in [0.1, 0.15) is 0 Å². The van der Waals surface area contributed by atoms with Gasteiger partial charge in [-0.25, -0.2) is 4.39 Å². The highest BCUT2D eigenvalue weighted by Gasteiger charge is 1.98. The Labute approximate surface area is 47.6 Å². The van der Waals surface area contributed by atoms with Crippen LogP contribution in [0.3, 0.4) is 0 Å². The fraction of sp³-hybridized carbons (Fsp3) is 0.667. The van der Waals surface area contributed by atoms with Gasteiger partial charge in [-0.15, -0.1) is 0 Å². The van der Waals surface area contributed by atoms with Gasteiger partial charge >= 0.3 is 0 Å². The summed E-state index contributed by atoms with van der Waals surface area (Å²) >= 11 is 0. The van der Waals surface area contributed by atoms with Crippen LogP contribution in [0.15, 0.2) is 0 Å². The van der Waals surface area contributed by atoms with E-state index in [4.69, 9.17) is 0 Å². The van der Waals surface area contributed by atoms with E-state index in [1.165, 1.54) is 0 Å². The second-order valence-corrected chi connectivity index (χ2v) is 2.42. The maximum absolute atomic E-state index is 11.1. The molecule has 0 amide bonds. The van der Waals surface area contributed by atoms with Gasteiger partial charge in [-0.2, -0.15) is 8.42 Å². The lowest BCUT2D eigenvalue weighted by molar-refractivity contribution is 0.280. The van der Waals surface area contributed by atoms with E-state index in [0.29, 0.717) is 0 Å². The summed E-state index contributed by atoms with van der Waals surface area (Å²) in [6.07, 6.45) is 2.59. The van der Waals surface area contributed by atoms with E-state index in [1.54, 1.807) is 0 Å². The van der Waals surface area contributed by atoms with E-state index < -0.39 is 23.4 Å². The molecule has 0 aliphatic heterocycles. The zero-order valence-electron chi connectivity index (χ0n) is 4.13. The normalized spacial score (nSPS) is 11.8. The van der Waals surface area contributed by atoms with Crippen molar-refractivity contribution in [1.29, 1.82) is 0 Å². The quantitative estimate of drug-likeness (QED) is 0.523. The van der Waals surface area contributed by atoms with Crippen molar-refractivity contribution < 1.29 is 17.0 Å². The molecule has 0 N–H and O–H groups in total. The average molecular weight is 141 g/mol. The van der Waals surface area contributed by atoms with Crippen LogP contribution in [0.2, 0.25) is 0 Å². The van der Waals surface area contributed by atoms with Crippen LogP contribution in [0.4, 0.5) is 4.39 Å². The minimum atomic E-state index is -3.68. The maximum Gasteiger partial charge on any atom is 0.268 e. The Kier molecular flexibility index (Phi) is 2.93. The highest BCUT2D eigenvalue weighted by molar-refractivity contribution is 7.87. The van der Waals surface area contributed by atoms with E-state index in [9.17, 15) is 12.8 Å². The summed E-state index contributed by atoms with van der Waals surface area (Å²) in [5.41, 5.74) is 0. The molecule has 0 aromatic rings. The number of halogens is 1. The summed E-state index contributed by atoms with van der Waals surface area (Å²) < 4.78 is 34.8. The Balaban J connectivity index is 3.42. The van der Waals surface area contributed by atoms with Gasteiger partial charge in [0.1, 0.15) is 6.67 Å². The van der Waals surface area contributed by atoms with Crippen molar-refractivity contribution in [3.63, 3.8) is 0 Å². The molecule has 3 nitrogen and oxygen atoms in total. The van der Waals surface area contributed by atoms with Crippen LogP contribution in [-0.4, -0.2) is 21.7 Å². The second-order valence-electron chi connectivity index (χ2n) is 1.07. The van der Waals surface area contributed by atoms with Crippen LogP contribution in [-0.2, 0) is 14.3 Å². The molecular weight excluding hydrogens is 135 g/mol. The van der Waals surface area contributed by atoms with Gasteiger partial charge in [-0.05, 0) is 0 Å². The Morgan fingerprint density at radius 3 is 2.25 bits per heavy atom. The van der Waals surface area contributed by atoms with E-state index >= 15 is 0 Å². The minimum absolute atomic E-state index is 0.439. The standard InChI is InChI=1S/C3H6FO3S/c1-8(5,6)7-3-2-4/h1-3H2. The molecule has 0 aromatic heterocycles. The van der Waals surface area contributed by atoms with E-state index in [0.717, 1.165) is 0 Å². The number of alkyl halides is 1. The fourth-order valence-electron chi connectivity index (χ4n) is 0.158. The third-order valence-corrected chi connectivity index (χ3v) is 0.866. The largest absolute Gasteiger partial charge is 0.268 e. The van der Waals surface area contributed by atoms with Gasteiger partial charge in [0.2, 0.25) is 0 Å². The second kappa shape index (κ2) is 2.99. The van der Waals surface area contributed by atoms with Crippen molar-refractivity contribution in [2.24, 2.45) is 0 Å². The Morgan fingerprint density at radius 1 is 1.62 bits per heavy atom. The molecule has 0 aliphatic carbocycles.